The zero-order chi connectivity index (χ0) is 72.0. The molecule has 15 aromatic rings. The van der Waals surface area contributed by atoms with Crippen molar-refractivity contribution in [2.24, 2.45) is 0 Å². The standard InChI is InChI=1S/C96H82N8/c1-49-25-17-26-50(2)81(49)65-41-73-74(42-66(65)82-51(3)27-18-28-52(82)4)90-97-89(73)101-91-75-43-67(83-53(5)29-19-30-54(83)6)68(84-55(7)31-20-32-56(84)8)44-76(75)93(98-91)103-95-79-47-71(87-61(13)37-23-38-62(87)14)72(88-63(15)39-24-40-64(88)16)48-80(79)96(100-95)104-94-78-46-70(86-59(11)35-22-36-60(86)12)69(45-77(78)92(99-94)102-90)85-57(9)33-21-34-58(85)10/h17-48H,1-16H3,(H2,97,98,99,100,101,102,103,104). The highest BCUT2D eigenvalue weighted by Gasteiger charge is 2.31. The van der Waals surface area contributed by atoms with E-state index in [-0.39, 0.29) is 0 Å². The number of hydrogen-bond donors (Lipinski definition) is 2. The summed E-state index contributed by atoms with van der Waals surface area (Å²) in [4.78, 5) is 43.1. The average Bonchev–Trinajstić information content (AvgIpc) is 1.54. The van der Waals surface area contributed by atoms with Gasteiger partial charge in [0.1, 0.15) is 22.6 Å². The van der Waals surface area contributed by atoms with Gasteiger partial charge in [-0.2, -0.15) is 0 Å². The van der Waals surface area contributed by atoms with Gasteiger partial charge >= 0.3 is 0 Å². The lowest BCUT2D eigenvalue weighted by Crippen LogP contribution is -1.97. The number of rotatable bonds is 8. The Bertz CT molecular complexity index is 5500. The van der Waals surface area contributed by atoms with Crippen LogP contribution in [0.2, 0.25) is 0 Å². The first-order valence-corrected chi connectivity index (χ1v) is 36.3. The van der Waals surface area contributed by atoms with Gasteiger partial charge in [0.15, 0.2) is 23.3 Å². The van der Waals surface area contributed by atoms with E-state index in [9.17, 15) is 0 Å². The van der Waals surface area contributed by atoms with Crippen LogP contribution in [-0.4, -0.2) is 39.9 Å². The van der Waals surface area contributed by atoms with E-state index in [0.717, 1.165) is 88.3 Å². The van der Waals surface area contributed by atoms with Gasteiger partial charge in [0, 0.05) is 43.8 Å². The summed E-state index contributed by atoms with van der Waals surface area (Å²) in [6.45, 7) is 35.6. The number of nitrogens with zero attached hydrogens (tertiary/aromatic N) is 6. The number of nitrogens with one attached hydrogen (secondary N) is 2. The fourth-order valence-corrected chi connectivity index (χ4v) is 17.5. The molecule has 2 aliphatic heterocycles. The molecule has 0 saturated heterocycles. The summed E-state index contributed by atoms with van der Waals surface area (Å²) < 4.78 is 0. The van der Waals surface area contributed by atoms with E-state index in [4.69, 9.17) is 29.9 Å². The van der Waals surface area contributed by atoms with Crippen LogP contribution in [0.1, 0.15) is 89.0 Å². The largest absolute Gasteiger partial charge is 0.324 e. The van der Waals surface area contributed by atoms with Gasteiger partial charge in [-0.05, 0) is 337 Å². The molecule has 0 fully saturated rings. The third kappa shape index (κ3) is 10.5. The number of benzene rings is 12. The molecule has 5 heterocycles. The first kappa shape index (κ1) is 65.3. The van der Waals surface area contributed by atoms with E-state index < -0.39 is 0 Å². The van der Waals surface area contributed by atoms with E-state index in [0.29, 0.717) is 45.9 Å². The molecule has 3 aromatic heterocycles. The molecule has 8 nitrogen and oxygen atoms in total. The van der Waals surface area contributed by atoms with Crippen molar-refractivity contribution in [3.8, 4) is 135 Å². The number of H-pyrrole nitrogens is 2. The second kappa shape index (κ2) is 24.9. The normalized spacial score (nSPS) is 11.8. The molecule has 12 aromatic carbocycles. The van der Waals surface area contributed by atoms with Gasteiger partial charge in [0.05, 0.1) is 0 Å². The summed E-state index contributed by atoms with van der Waals surface area (Å²) >= 11 is 0. The van der Waals surface area contributed by atoms with Crippen molar-refractivity contribution < 1.29 is 0 Å². The number of aryl methyl sites for hydroxylation is 16. The maximum atomic E-state index is 5.92. The Morgan fingerprint density at radius 1 is 0.163 bits per heavy atom. The molecule has 8 bridgehead atoms. The molecule has 104 heavy (non-hydrogen) atoms. The van der Waals surface area contributed by atoms with Crippen LogP contribution in [0, 0.1) is 111 Å². The lowest BCUT2D eigenvalue weighted by molar-refractivity contribution is 1.19. The molecule has 0 aliphatic carbocycles. The fourth-order valence-electron chi connectivity index (χ4n) is 17.5. The van der Waals surface area contributed by atoms with Crippen molar-refractivity contribution in [2.45, 2.75) is 111 Å². The Morgan fingerprint density at radius 2 is 0.298 bits per heavy atom. The SMILES string of the molecule is Cc1cccc(C)c1-c1cc2c(cc1-c1c(C)cccc1C)-c1nc-2nc2[nH]c(nc3nc(nc4[nH]c(n1)c1cc(-c5c(C)cccc5C)c(-c5c(C)cccc5C)cc41)-c1cc(-c4c(C)cccc4C)c(-c4c(C)cccc4C)cc1-3)c1cc(-c3c(C)cccc3C)c(-c3c(C)cccc3C)cc21. The van der Waals surface area contributed by atoms with Crippen LogP contribution < -0.4 is 0 Å². The minimum Gasteiger partial charge on any atom is -0.324 e. The molecule has 506 valence electrons. The van der Waals surface area contributed by atoms with Gasteiger partial charge in [-0.1, -0.05) is 146 Å². The maximum absolute atomic E-state index is 5.92. The van der Waals surface area contributed by atoms with Crippen molar-refractivity contribution in [3.05, 3.63) is 283 Å². The number of aromatic nitrogens is 8. The van der Waals surface area contributed by atoms with Crippen LogP contribution in [0.3, 0.4) is 0 Å². The van der Waals surface area contributed by atoms with Crippen LogP contribution in [0.5, 0.6) is 0 Å². The van der Waals surface area contributed by atoms with Crippen LogP contribution >= 0.6 is 0 Å². The first-order chi connectivity index (χ1) is 50.2. The molecule has 2 N–H and O–H groups in total. The smallest absolute Gasteiger partial charge is 0.164 e. The Morgan fingerprint density at radius 3 is 0.442 bits per heavy atom. The fraction of sp³-hybridized carbons (Fsp3) is 0.167. The van der Waals surface area contributed by atoms with Gasteiger partial charge in [-0.3, -0.25) is 0 Å². The highest BCUT2D eigenvalue weighted by atomic mass is 15.1. The van der Waals surface area contributed by atoms with E-state index in [1.165, 1.54) is 134 Å². The highest BCUT2D eigenvalue weighted by Crippen LogP contribution is 2.51. The van der Waals surface area contributed by atoms with Crippen LogP contribution in [-0.2, 0) is 0 Å². The van der Waals surface area contributed by atoms with Crippen molar-refractivity contribution in [2.75, 3.05) is 0 Å². The summed E-state index contributed by atoms with van der Waals surface area (Å²) in [7, 11) is 0. The maximum Gasteiger partial charge on any atom is 0.164 e. The molecule has 0 unspecified atom stereocenters. The zero-order valence-corrected chi connectivity index (χ0v) is 62.2. The molecule has 2 aliphatic rings. The quantitative estimate of drug-likeness (QED) is 0.157. The Hall–Kier alpha value is -12.0. The molecule has 0 amide bonds. The Labute approximate surface area is 608 Å². The average molecular weight is 1350 g/mol. The van der Waals surface area contributed by atoms with Crippen molar-refractivity contribution in [1.29, 1.82) is 0 Å². The van der Waals surface area contributed by atoms with Gasteiger partial charge in [0.2, 0.25) is 0 Å². The minimum absolute atomic E-state index is 0.527. The number of fused-ring (bicyclic) bond motifs is 20. The minimum atomic E-state index is 0.527. The topological polar surface area (TPSA) is 109 Å². The van der Waals surface area contributed by atoms with Crippen molar-refractivity contribution >= 4 is 44.1 Å². The van der Waals surface area contributed by atoms with Gasteiger partial charge in [-0.25, -0.2) is 29.9 Å². The first-order valence-electron chi connectivity index (χ1n) is 36.3. The molecule has 8 heteroatoms. The summed E-state index contributed by atoms with van der Waals surface area (Å²) in [5.41, 5.74) is 43.1. The molecule has 0 atom stereocenters. The van der Waals surface area contributed by atoms with Crippen LogP contribution in [0.4, 0.5) is 0 Å². The van der Waals surface area contributed by atoms with Gasteiger partial charge < -0.3 is 9.97 Å². The highest BCUT2D eigenvalue weighted by molar-refractivity contribution is 6.13. The van der Waals surface area contributed by atoms with Crippen LogP contribution in [0.15, 0.2) is 194 Å². The molecular weight excluding hydrogens is 1270 g/mol. The lowest BCUT2D eigenvalue weighted by atomic mass is 9.84. The van der Waals surface area contributed by atoms with Gasteiger partial charge in [-0.15, -0.1) is 0 Å². The third-order valence-electron chi connectivity index (χ3n) is 22.4. The van der Waals surface area contributed by atoms with E-state index in [2.05, 4.69) is 315 Å². The lowest BCUT2D eigenvalue weighted by Gasteiger charge is -2.20. The van der Waals surface area contributed by atoms with Crippen molar-refractivity contribution in [3.63, 3.8) is 0 Å². The molecule has 17 rings (SSSR count). The second-order valence-electron chi connectivity index (χ2n) is 29.5. The summed E-state index contributed by atoms with van der Waals surface area (Å²) in [6, 6.07) is 71.6. The summed E-state index contributed by atoms with van der Waals surface area (Å²) in [5.74, 6) is 2.11. The molecular formula is C96H82N8. The molecule has 0 radical (unpaired) electrons. The van der Waals surface area contributed by atoms with Gasteiger partial charge in [0.25, 0.3) is 0 Å². The van der Waals surface area contributed by atoms with E-state index >= 15 is 0 Å². The van der Waals surface area contributed by atoms with E-state index in [1.807, 2.05) is 0 Å². The van der Waals surface area contributed by atoms with Crippen molar-refractivity contribution in [1.82, 2.24) is 39.9 Å². The Balaban J connectivity index is 1.10. The summed E-state index contributed by atoms with van der Waals surface area (Å²) in [5, 5.41) is 3.57. The van der Waals surface area contributed by atoms with E-state index in [1.54, 1.807) is 0 Å². The molecule has 0 saturated carbocycles. The second-order valence-corrected chi connectivity index (χ2v) is 29.5. The zero-order valence-electron chi connectivity index (χ0n) is 62.2. The number of aromatic amines is 2. The Kier molecular flexibility index (Phi) is 15.6. The monoisotopic (exact) mass is 1350 g/mol. The van der Waals surface area contributed by atoms with Crippen LogP contribution in [0.25, 0.3) is 179 Å². The number of hydrogen-bond acceptors (Lipinski definition) is 6. The summed E-state index contributed by atoms with van der Waals surface area (Å²) in [6.07, 6.45) is 0. The molecule has 0 spiro atoms. The third-order valence-corrected chi connectivity index (χ3v) is 22.4. The predicted octanol–water partition coefficient (Wildman–Crippen LogP) is 25.1. The predicted molar refractivity (Wildman–Crippen MR) is 435 cm³/mol.